The minimum atomic E-state index is -2.45. The lowest BCUT2D eigenvalue weighted by Crippen LogP contribution is -2.25. The number of para-hydroxylation sites is 4. The minimum Gasteiger partial charge on any atom is -0.457 e. The molecule has 73 heavy (non-hydrogen) atoms. The molecule has 0 atom stereocenters. The van der Waals surface area contributed by atoms with Gasteiger partial charge in [-0.05, 0) is 135 Å². The molecule has 0 fully saturated rings. The van der Waals surface area contributed by atoms with Gasteiger partial charge < -0.3 is 14.5 Å². The van der Waals surface area contributed by atoms with E-state index in [9.17, 15) is 0 Å². The Morgan fingerprint density at radius 3 is 1.86 bits per heavy atom. The van der Waals surface area contributed by atoms with E-state index in [1.54, 1.807) is 22.8 Å². The quantitative estimate of drug-likeness (QED) is 0.152. The van der Waals surface area contributed by atoms with Gasteiger partial charge in [-0.15, -0.1) is 0 Å². The van der Waals surface area contributed by atoms with Crippen LogP contribution in [0.1, 0.15) is 104 Å². The predicted octanol–water partition coefficient (Wildman–Crippen LogP) is 18.7. The lowest BCUT2D eigenvalue weighted by molar-refractivity contribution is 0.483. The molecule has 0 N–H and O–H groups in total. The third-order valence-electron chi connectivity index (χ3n) is 14.1. The highest BCUT2D eigenvalue weighted by molar-refractivity contribution is 6.09. The summed E-state index contributed by atoms with van der Waals surface area (Å²) in [6, 6.07) is 50.7. The molecular weight excluding hydrogens is 889 g/mol. The zero-order valence-electron chi connectivity index (χ0n) is 53.0. The number of rotatable bonds is 8. The Labute approximate surface area is 446 Å². The van der Waals surface area contributed by atoms with Crippen molar-refractivity contribution in [2.24, 2.45) is 0 Å². The van der Waals surface area contributed by atoms with Crippen LogP contribution in [0.5, 0.6) is 11.5 Å². The molecule has 0 saturated carbocycles. The van der Waals surface area contributed by atoms with Crippen LogP contribution >= 0.6 is 0 Å². The van der Waals surface area contributed by atoms with Crippen molar-refractivity contribution in [3.63, 3.8) is 0 Å². The van der Waals surface area contributed by atoms with Crippen molar-refractivity contribution >= 4 is 44.6 Å². The zero-order chi connectivity index (χ0) is 59.5. The summed E-state index contributed by atoms with van der Waals surface area (Å²) in [4.78, 5) is 9.18. The van der Waals surface area contributed by atoms with Crippen molar-refractivity contribution in [3.05, 3.63) is 216 Å². The second-order valence-electron chi connectivity index (χ2n) is 22.3. The summed E-state index contributed by atoms with van der Waals surface area (Å²) in [5.41, 5.74) is 13.4. The molecule has 364 valence electrons. The summed E-state index contributed by atoms with van der Waals surface area (Å²) < 4.78 is 93.6. The summed E-state index contributed by atoms with van der Waals surface area (Å²) >= 11 is 0. The maximum atomic E-state index is 9.03. The molecule has 0 saturated heterocycles. The molecule has 5 heteroatoms. The summed E-state index contributed by atoms with van der Waals surface area (Å²) in [7, 11) is 0. The number of hydrogen-bond donors (Lipinski definition) is 0. The van der Waals surface area contributed by atoms with Crippen LogP contribution in [0, 0.1) is 13.7 Å². The van der Waals surface area contributed by atoms with Gasteiger partial charge in [0.05, 0.1) is 33.6 Å². The number of aromatic nitrogens is 2. The molecule has 1 aliphatic rings. The molecule has 3 heterocycles. The van der Waals surface area contributed by atoms with Crippen molar-refractivity contribution in [2.45, 2.75) is 92.3 Å². The third-order valence-corrected chi connectivity index (χ3v) is 14.1. The van der Waals surface area contributed by atoms with Gasteiger partial charge in [-0.25, -0.2) is 4.98 Å². The molecule has 10 aromatic rings. The number of ether oxygens (including phenoxy) is 1. The fourth-order valence-electron chi connectivity index (χ4n) is 10.1. The fourth-order valence-corrected chi connectivity index (χ4v) is 10.1. The molecule has 0 aliphatic carbocycles. The second-order valence-corrected chi connectivity index (χ2v) is 22.3. The minimum absolute atomic E-state index is 0.0359. The van der Waals surface area contributed by atoms with Crippen LogP contribution in [0.2, 0.25) is 0 Å². The Kier molecular flexibility index (Phi) is 9.11. The largest absolute Gasteiger partial charge is 0.457 e. The van der Waals surface area contributed by atoms with Crippen LogP contribution in [0.15, 0.2) is 188 Å². The molecular formula is C68H66N4O. The first kappa shape index (κ1) is 36.9. The summed E-state index contributed by atoms with van der Waals surface area (Å²) in [6.45, 7) is 15.4. The van der Waals surface area contributed by atoms with Crippen molar-refractivity contribution in [1.29, 1.82) is 0 Å². The van der Waals surface area contributed by atoms with Gasteiger partial charge in [0.25, 0.3) is 0 Å². The van der Waals surface area contributed by atoms with Gasteiger partial charge in [0.1, 0.15) is 24.0 Å². The highest BCUT2D eigenvalue weighted by Crippen LogP contribution is 2.51. The normalized spacial score (nSPS) is 15.4. The van der Waals surface area contributed by atoms with E-state index < -0.39 is 19.7 Å². The number of nitrogens with zero attached hydrogens (tertiary/aromatic N) is 4. The van der Waals surface area contributed by atoms with Crippen molar-refractivity contribution < 1.29 is 18.4 Å². The van der Waals surface area contributed by atoms with Crippen LogP contribution < -0.4 is 14.5 Å². The first-order valence-corrected chi connectivity index (χ1v) is 25.0. The summed E-state index contributed by atoms with van der Waals surface area (Å²) in [5, 5.41) is 0.800. The van der Waals surface area contributed by atoms with E-state index in [4.69, 9.17) is 18.4 Å². The van der Waals surface area contributed by atoms with Gasteiger partial charge in [-0.3, -0.25) is 4.57 Å². The highest BCUT2D eigenvalue weighted by atomic mass is 16.5. The molecule has 0 radical (unpaired) electrons. The zero-order valence-corrected chi connectivity index (χ0v) is 43.0. The van der Waals surface area contributed by atoms with Crippen LogP contribution in [-0.4, -0.2) is 16.2 Å². The number of pyridine rings is 1. The number of fused-ring (bicyclic) bond motifs is 4. The maximum absolute atomic E-state index is 9.03. The Balaban J connectivity index is 1.02. The van der Waals surface area contributed by atoms with Gasteiger partial charge in [-0.2, -0.15) is 0 Å². The smallest absolute Gasteiger partial charge is 0.137 e. The van der Waals surface area contributed by atoms with Crippen molar-refractivity contribution in [2.75, 3.05) is 16.5 Å². The van der Waals surface area contributed by atoms with Crippen LogP contribution in [0.25, 0.3) is 61.0 Å². The first-order chi connectivity index (χ1) is 39.0. The molecule has 8 aromatic carbocycles. The number of aryl methyl sites for hydroxylation is 2. The molecule has 1 aliphatic heterocycles. The van der Waals surface area contributed by atoms with Gasteiger partial charge in [-0.1, -0.05) is 178 Å². The van der Waals surface area contributed by atoms with Crippen molar-refractivity contribution in [3.8, 4) is 50.7 Å². The van der Waals surface area contributed by atoms with E-state index in [2.05, 4.69) is 150 Å². The lowest BCUT2D eigenvalue weighted by Gasteiger charge is -2.29. The fraction of sp³-hybridized carbons (Fsp3) is 0.221. The highest BCUT2D eigenvalue weighted by Gasteiger charge is 2.32. The van der Waals surface area contributed by atoms with Gasteiger partial charge in [0, 0.05) is 54.1 Å². The molecule has 0 bridgehead atoms. The van der Waals surface area contributed by atoms with Crippen LogP contribution in [0.4, 0.5) is 22.7 Å². The Bertz CT molecular complexity index is 4160. The van der Waals surface area contributed by atoms with Gasteiger partial charge >= 0.3 is 0 Å². The average molecular weight is 965 g/mol. The van der Waals surface area contributed by atoms with E-state index in [1.165, 1.54) is 29.5 Å². The molecule has 0 unspecified atom stereocenters. The Hall–Kier alpha value is -7.89. The van der Waals surface area contributed by atoms with Crippen LogP contribution in [-0.2, 0) is 16.2 Å². The van der Waals surface area contributed by atoms with E-state index in [-0.39, 0.29) is 56.7 Å². The van der Waals surface area contributed by atoms with Crippen LogP contribution in [0.3, 0.4) is 0 Å². The third kappa shape index (κ3) is 8.96. The second kappa shape index (κ2) is 18.0. The Morgan fingerprint density at radius 1 is 0.507 bits per heavy atom. The standard InChI is InChI=1S/C68H66N4O/c1-44-34-35-69-64(36-44)72-60-23-13-12-20-58(60)59-33-31-54(42-63(59)72)73-53-19-16-18-52(41-53)70-43-71(62-25-15-14-24-61(62)70)65-56(47-28-26-46(27-29-47)55-32-30-49(37-45(55)2)66(3,4)5)21-17-22-57(65)48-38-50(67(6,7)8)40-51(39-48)68(9,10)11/h12-42H,43H2,1-11H3/i1D3,2D3,12D,13D,20D,23D. The SMILES string of the molecule is [2H]c1c([2H])c([2H])c2c(c1[2H])c1ccc(Oc3cccc(N4CN(c5c(-c6ccc(-c7ccc(C(C)(C)C)cc7C([2H])([2H])[2H])cc6)cccc5-c5cc(C(C)(C)C)cc(C(C)(C)C)c5)c5ccccc54)c3)cc1n2-c1cc(C([2H])([2H])[2H])ccn1. The maximum Gasteiger partial charge on any atom is 0.137 e. The summed E-state index contributed by atoms with van der Waals surface area (Å²) in [6.07, 6.45) is 1.39. The van der Waals surface area contributed by atoms with Gasteiger partial charge in [0.2, 0.25) is 0 Å². The molecule has 2 aromatic heterocycles. The number of anilines is 4. The Morgan fingerprint density at radius 2 is 1.16 bits per heavy atom. The van der Waals surface area contributed by atoms with Gasteiger partial charge in [0.15, 0.2) is 0 Å². The first-order valence-electron chi connectivity index (χ1n) is 30.0. The molecule has 11 rings (SSSR count). The van der Waals surface area contributed by atoms with E-state index in [0.29, 0.717) is 40.2 Å². The monoisotopic (exact) mass is 965 g/mol. The van der Waals surface area contributed by atoms with E-state index >= 15 is 0 Å². The predicted molar refractivity (Wildman–Crippen MR) is 309 cm³/mol. The number of hydrogen-bond acceptors (Lipinski definition) is 4. The molecule has 0 spiro atoms. The van der Waals surface area contributed by atoms with E-state index in [1.807, 2.05) is 54.6 Å². The van der Waals surface area contributed by atoms with Crippen molar-refractivity contribution in [1.82, 2.24) is 9.55 Å². The topological polar surface area (TPSA) is 33.5 Å². The molecule has 0 amide bonds. The number of benzene rings is 8. The lowest BCUT2D eigenvalue weighted by atomic mass is 9.78. The molecule has 5 nitrogen and oxygen atoms in total. The van der Waals surface area contributed by atoms with E-state index in [0.717, 1.165) is 56.1 Å². The summed E-state index contributed by atoms with van der Waals surface area (Å²) in [5.74, 6) is 1.12. The average Bonchev–Trinajstić information content (AvgIpc) is 4.24.